The number of nitrogens with zero attached hydrogens (tertiary/aromatic N) is 4. The molecule has 2 heterocycles. The Morgan fingerprint density at radius 2 is 1.39 bits per heavy atom. The van der Waals surface area contributed by atoms with Crippen LogP contribution in [0.5, 0.6) is 0 Å². The first-order valence-electron chi connectivity index (χ1n) is 13.7. The highest BCUT2D eigenvalue weighted by molar-refractivity contribution is 6.07. The van der Waals surface area contributed by atoms with E-state index in [1.165, 1.54) is 24.3 Å². The first-order valence-corrected chi connectivity index (χ1v) is 13.7. The summed E-state index contributed by atoms with van der Waals surface area (Å²) in [6.07, 6.45) is 0.703. The maximum atomic E-state index is 13.4. The summed E-state index contributed by atoms with van der Waals surface area (Å²) < 4.78 is 13.4. The monoisotopic (exact) mass is 554 g/mol. The number of hydrogen-bond donors (Lipinski definition) is 2. The average molecular weight is 555 g/mol. The predicted octanol–water partition coefficient (Wildman–Crippen LogP) is 3.35. The Labute approximate surface area is 238 Å². The minimum Gasteiger partial charge on any atom is -0.368 e. The lowest BCUT2D eigenvalue weighted by molar-refractivity contribution is 0.0734. The van der Waals surface area contributed by atoms with Crippen LogP contribution in [0.3, 0.4) is 0 Å². The van der Waals surface area contributed by atoms with Gasteiger partial charge in [-0.2, -0.15) is 5.26 Å². The second kappa shape index (κ2) is 12.6. The number of nitrogens with one attached hydrogen (secondary N) is 2. The van der Waals surface area contributed by atoms with E-state index in [4.69, 9.17) is 5.26 Å². The smallest absolute Gasteiger partial charge is 0.255 e. The Bertz CT molecular complexity index is 1460. The molecule has 5 rings (SSSR count). The van der Waals surface area contributed by atoms with E-state index in [0.717, 1.165) is 18.8 Å². The number of benzene rings is 3. The SMILES string of the molecule is N#Cc1ccc(C(=O)N2CCCN(c3ccc(C(=O)N4CCNCC4)cc3NC(=O)c3ccc(F)cc3)CC2)cc1. The van der Waals surface area contributed by atoms with Crippen LogP contribution in [0.15, 0.2) is 66.7 Å². The van der Waals surface area contributed by atoms with Gasteiger partial charge < -0.3 is 25.3 Å². The molecule has 2 aliphatic rings. The van der Waals surface area contributed by atoms with Gasteiger partial charge in [0, 0.05) is 69.0 Å². The van der Waals surface area contributed by atoms with Crippen molar-refractivity contribution in [3.8, 4) is 6.07 Å². The van der Waals surface area contributed by atoms with E-state index in [1.54, 1.807) is 46.2 Å². The Kier molecular flexibility index (Phi) is 8.56. The van der Waals surface area contributed by atoms with Gasteiger partial charge in [0.25, 0.3) is 17.7 Å². The molecule has 0 aromatic heterocycles. The third-order valence-electron chi connectivity index (χ3n) is 7.39. The maximum absolute atomic E-state index is 13.4. The van der Waals surface area contributed by atoms with Crippen LogP contribution >= 0.6 is 0 Å². The van der Waals surface area contributed by atoms with Gasteiger partial charge in [0.1, 0.15) is 5.82 Å². The van der Waals surface area contributed by atoms with Crippen molar-refractivity contribution >= 4 is 29.1 Å². The minimum atomic E-state index is -0.435. The number of hydrogen-bond acceptors (Lipinski definition) is 6. The van der Waals surface area contributed by atoms with Crippen LogP contribution < -0.4 is 15.5 Å². The third-order valence-corrected chi connectivity index (χ3v) is 7.39. The van der Waals surface area contributed by atoms with Crippen molar-refractivity contribution in [2.75, 3.05) is 62.6 Å². The van der Waals surface area contributed by atoms with E-state index in [2.05, 4.69) is 21.6 Å². The Morgan fingerprint density at radius 1 is 0.756 bits per heavy atom. The van der Waals surface area contributed by atoms with Gasteiger partial charge in [-0.15, -0.1) is 0 Å². The molecule has 3 aromatic carbocycles. The topological polar surface area (TPSA) is 109 Å². The van der Waals surface area contributed by atoms with Crippen molar-refractivity contribution in [3.63, 3.8) is 0 Å². The molecule has 41 heavy (non-hydrogen) atoms. The molecule has 0 bridgehead atoms. The number of nitriles is 1. The quantitative estimate of drug-likeness (QED) is 0.501. The van der Waals surface area contributed by atoms with E-state index < -0.39 is 11.7 Å². The second-order valence-corrected chi connectivity index (χ2v) is 10.1. The lowest BCUT2D eigenvalue weighted by atomic mass is 10.1. The highest BCUT2D eigenvalue weighted by Crippen LogP contribution is 2.30. The van der Waals surface area contributed by atoms with Gasteiger partial charge in [-0.25, -0.2) is 4.39 Å². The molecule has 9 nitrogen and oxygen atoms in total. The number of rotatable bonds is 5. The fourth-order valence-electron chi connectivity index (χ4n) is 5.12. The lowest BCUT2D eigenvalue weighted by Gasteiger charge is -2.29. The van der Waals surface area contributed by atoms with Crippen LogP contribution in [0.1, 0.15) is 43.1 Å². The summed E-state index contributed by atoms with van der Waals surface area (Å²) >= 11 is 0. The first-order chi connectivity index (χ1) is 19.9. The fourth-order valence-corrected chi connectivity index (χ4v) is 5.12. The van der Waals surface area contributed by atoms with Crippen molar-refractivity contribution in [2.24, 2.45) is 0 Å². The molecular weight excluding hydrogens is 523 g/mol. The average Bonchev–Trinajstić information content (AvgIpc) is 3.27. The summed E-state index contributed by atoms with van der Waals surface area (Å²) in [5.74, 6) is -1.05. The number of anilines is 2. The van der Waals surface area contributed by atoms with Gasteiger partial charge in [0.05, 0.1) is 23.0 Å². The molecule has 0 saturated carbocycles. The van der Waals surface area contributed by atoms with E-state index in [0.29, 0.717) is 73.6 Å². The number of piperazine rings is 1. The summed E-state index contributed by atoms with van der Waals surface area (Å²) in [5, 5.41) is 15.2. The molecular formula is C31H31FN6O3. The molecule has 2 N–H and O–H groups in total. The molecule has 0 spiro atoms. The summed E-state index contributed by atoms with van der Waals surface area (Å²) in [5.41, 5.74) is 3.01. The van der Waals surface area contributed by atoms with E-state index in [-0.39, 0.29) is 11.8 Å². The van der Waals surface area contributed by atoms with Crippen LogP contribution in [0.2, 0.25) is 0 Å². The van der Waals surface area contributed by atoms with Gasteiger partial charge >= 0.3 is 0 Å². The molecule has 0 unspecified atom stereocenters. The zero-order valence-corrected chi connectivity index (χ0v) is 22.6. The minimum absolute atomic E-state index is 0.0989. The largest absolute Gasteiger partial charge is 0.368 e. The third kappa shape index (κ3) is 6.53. The highest BCUT2D eigenvalue weighted by Gasteiger charge is 2.24. The van der Waals surface area contributed by atoms with E-state index >= 15 is 0 Å². The predicted molar refractivity (Wildman–Crippen MR) is 153 cm³/mol. The molecule has 3 aromatic rings. The van der Waals surface area contributed by atoms with E-state index in [1.807, 2.05) is 6.07 Å². The highest BCUT2D eigenvalue weighted by atomic mass is 19.1. The molecule has 2 saturated heterocycles. The van der Waals surface area contributed by atoms with Gasteiger partial charge in [0.2, 0.25) is 0 Å². The molecule has 3 amide bonds. The normalized spacial score (nSPS) is 15.6. The molecule has 0 atom stereocenters. The van der Waals surface area contributed by atoms with Crippen molar-refractivity contribution in [1.82, 2.24) is 15.1 Å². The van der Waals surface area contributed by atoms with Gasteiger partial charge in [-0.05, 0) is 73.2 Å². The number of carbonyl (C=O) groups is 3. The summed E-state index contributed by atoms with van der Waals surface area (Å²) in [6, 6.07) is 19.3. The number of amides is 3. The molecule has 0 radical (unpaired) electrons. The van der Waals surface area contributed by atoms with Crippen LogP contribution in [0, 0.1) is 17.1 Å². The first kappa shape index (κ1) is 27.8. The summed E-state index contributed by atoms with van der Waals surface area (Å²) in [6.45, 7) is 4.85. The second-order valence-electron chi connectivity index (χ2n) is 10.1. The van der Waals surface area contributed by atoms with Gasteiger partial charge in [0.15, 0.2) is 0 Å². The Hall–Kier alpha value is -4.75. The van der Waals surface area contributed by atoms with Crippen LogP contribution in [-0.2, 0) is 0 Å². The van der Waals surface area contributed by atoms with Crippen LogP contribution in [0.25, 0.3) is 0 Å². The standard InChI is InChI=1S/C31H31FN6O3/c32-26-9-6-23(7-10-26)29(39)35-27-20-25(31(41)38-16-12-34-13-17-38)8-11-28(27)36-14-1-15-37(19-18-36)30(40)24-4-2-22(21-33)3-5-24/h2-11,20,34H,1,12-19H2,(H,35,39). The zero-order chi connectivity index (χ0) is 28.8. The van der Waals surface area contributed by atoms with Crippen molar-refractivity contribution in [2.45, 2.75) is 6.42 Å². The maximum Gasteiger partial charge on any atom is 0.255 e. The van der Waals surface area contributed by atoms with Crippen molar-refractivity contribution in [3.05, 3.63) is 94.8 Å². The fraction of sp³-hybridized carbons (Fsp3) is 0.290. The Balaban J connectivity index is 1.38. The molecule has 10 heteroatoms. The van der Waals surface area contributed by atoms with Crippen molar-refractivity contribution < 1.29 is 18.8 Å². The zero-order valence-electron chi connectivity index (χ0n) is 22.6. The molecule has 2 fully saturated rings. The van der Waals surface area contributed by atoms with Crippen LogP contribution in [-0.4, -0.2) is 79.9 Å². The Morgan fingerprint density at radius 3 is 2.10 bits per heavy atom. The van der Waals surface area contributed by atoms with Gasteiger partial charge in [-0.3, -0.25) is 14.4 Å². The summed E-state index contributed by atoms with van der Waals surface area (Å²) in [4.78, 5) is 45.2. The van der Waals surface area contributed by atoms with Crippen molar-refractivity contribution in [1.29, 1.82) is 5.26 Å². The number of halogens is 1. The van der Waals surface area contributed by atoms with Crippen LogP contribution in [0.4, 0.5) is 15.8 Å². The molecule has 0 aliphatic carbocycles. The van der Waals surface area contributed by atoms with E-state index in [9.17, 15) is 18.8 Å². The summed E-state index contributed by atoms with van der Waals surface area (Å²) in [7, 11) is 0. The molecule has 2 aliphatic heterocycles. The lowest BCUT2D eigenvalue weighted by Crippen LogP contribution is -2.46. The molecule has 210 valence electrons. The van der Waals surface area contributed by atoms with Gasteiger partial charge in [-0.1, -0.05) is 0 Å². The number of carbonyl (C=O) groups excluding carboxylic acids is 3.